The van der Waals surface area contributed by atoms with Crippen LogP contribution >= 0.6 is 0 Å². The number of rotatable bonds is 2. The lowest BCUT2D eigenvalue weighted by molar-refractivity contribution is 0.100. The summed E-state index contributed by atoms with van der Waals surface area (Å²) in [7, 11) is 0. The first-order chi connectivity index (χ1) is 10.1. The summed E-state index contributed by atoms with van der Waals surface area (Å²) in [5.74, 6) is -0.453. The Hall–Kier alpha value is -2.68. The largest absolute Gasteiger partial charge is 0.366 e. The van der Waals surface area contributed by atoms with E-state index in [-0.39, 0.29) is 0 Å². The van der Waals surface area contributed by atoms with Gasteiger partial charge in [-0.1, -0.05) is 48.0 Å². The number of carbonyl (C=O) groups excluding carboxylic acids is 1. The lowest BCUT2D eigenvalue weighted by Gasteiger charge is -2.11. The van der Waals surface area contributed by atoms with Crippen molar-refractivity contribution >= 4 is 16.7 Å². The molecular weight excluding hydrogens is 260 g/mol. The molecule has 0 saturated heterocycles. The van der Waals surface area contributed by atoms with Crippen molar-refractivity contribution in [2.75, 3.05) is 0 Å². The Labute approximate surface area is 123 Å². The highest BCUT2D eigenvalue weighted by molar-refractivity contribution is 6.09. The molecule has 0 fully saturated rings. The molecule has 0 radical (unpaired) electrons. The Bertz CT molecular complexity index is 853. The molecule has 3 heteroatoms. The van der Waals surface area contributed by atoms with E-state index in [2.05, 4.69) is 37.0 Å². The Morgan fingerprint density at radius 2 is 1.76 bits per heavy atom. The molecule has 3 nitrogen and oxygen atoms in total. The van der Waals surface area contributed by atoms with Crippen molar-refractivity contribution in [1.82, 2.24) is 4.98 Å². The number of carbonyl (C=O) groups is 1. The molecule has 0 aliphatic rings. The molecule has 0 saturated carbocycles. The zero-order valence-corrected chi connectivity index (χ0v) is 12.1. The summed E-state index contributed by atoms with van der Waals surface area (Å²) in [4.78, 5) is 16.0. The van der Waals surface area contributed by atoms with E-state index in [1.54, 1.807) is 6.20 Å². The van der Waals surface area contributed by atoms with Crippen LogP contribution in [0.15, 0.2) is 48.7 Å². The molecule has 2 N–H and O–H groups in total. The lowest BCUT2D eigenvalue weighted by Crippen LogP contribution is -2.12. The van der Waals surface area contributed by atoms with E-state index in [0.717, 1.165) is 22.0 Å². The van der Waals surface area contributed by atoms with Gasteiger partial charge in [0, 0.05) is 17.1 Å². The smallest absolute Gasteiger partial charge is 0.250 e. The van der Waals surface area contributed by atoms with E-state index in [1.165, 1.54) is 11.1 Å². The van der Waals surface area contributed by atoms with Crippen LogP contribution in [0.1, 0.15) is 21.5 Å². The number of nitrogens with two attached hydrogens (primary N) is 1. The Balaban J connectivity index is 2.34. The molecule has 1 amide bonds. The molecule has 0 unspecified atom stereocenters. The Morgan fingerprint density at radius 3 is 2.43 bits per heavy atom. The Morgan fingerprint density at radius 1 is 1.05 bits per heavy atom. The minimum absolute atomic E-state index is 0.453. The van der Waals surface area contributed by atoms with Gasteiger partial charge in [0.1, 0.15) is 0 Å². The summed E-state index contributed by atoms with van der Waals surface area (Å²) >= 11 is 0. The van der Waals surface area contributed by atoms with Crippen molar-refractivity contribution < 1.29 is 4.79 Å². The molecule has 3 aromatic rings. The minimum atomic E-state index is -0.453. The normalized spacial score (nSPS) is 10.8. The van der Waals surface area contributed by atoms with Gasteiger partial charge in [0.25, 0.3) is 5.91 Å². The third-order valence-electron chi connectivity index (χ3n) is 3.70. The number of fused-ring (bicyclic) bond motifs is 1. The highest BCUT2D eigenvalue weighted by atomic mass is 16.1. The molecule has 0 atom stereocenters. The van der Waals surface area contributed by atoms with Crippen molar-refractivity contribution in [2.24, 2.45) is 5.73 Å². The van der Waals surface area contributed by atoms with E-state index in [4.69, 9.17) is 5.73 Å². The number of pyridine rings is 1. The summed E-state index contributed by atoms with van der Waals surface area (Å²) in [6.45, 7) is 4.14. The van der Waals surface area contributed by atoms with Gasteiger partial charge >= 0.3 is 0 Å². The quantitative estimate of drug-likeness (QED) is 0.777. The maximum absolute atomic E-state index is 11.6. The number of benzene rings is 2. The van der Waals surface area contributed by atoms with Crippen molar-refractivity contribution in [2.45, 2.75) is 13.8 Å². The first-order valence-electron chi connectivity index (χ1n) is 6.83. The number of aromatic nitrogens is 1. The van der Waals surface area contributed by atoms with Crippen LogP contribution in [0, 0.1) is 13.8 Å². The monoisotopic (exact) mass is 276 g/mol. The fraction of sp³-hybridized carbons (Fsp3) is 0.111. The van der Waals surface area contributed by atoms with Gasteiger partial charge in [-0.2, -0.15) is 0 Å². The van der Waals surface area contributed by atoms with Crippen LogP contribution in [-0.2, 0) is 0 Å². The van der Waals surface area contributed by atoms with E-state index < -0.39 is 5.91 Å². The van der Waals surface area contributed by atoms with Crippen molar-refractivity contribution in [3.63, 3.8) is 0 Å². The number of hydrogen-bond donors (Lipinski definition) is 1. The van der Waals surface area contributed by atoms with Crippen LogP contribution in [0.3, 0.4) is 0 Å². The molecule has 104 valence electrons. The van der Waals surface area contributed by atoms with Crippen LogP contribution < -0.4 is 5.73 Å². The van der Waals surface area contributed by atoms with Crippen LogP contribution in [0.25, 0.3) is 22.0 Å². The molecular formula is C18H16N2O. The second-order valence-electron chi connectivity index (χ2n) is 5.25. The second-order valence-corrected chi connectivity index (χ2v) is 5.25. The fourth-order valence-electron chi connectivity index (χ4n) is 2.68. The SMILES string of the molecule is Cc1ccc(-c2ncc(C(N)=O)c3ccccc23)c(C)c1. The van der Waals surface area contributed by atoms with E-state index >= 15 is 0 Å². The first-order valence-corrected chi connectivity index (χ1v) is 6.83. The van der Waals surface area contributed by atoms with Crippen molar-refractivity contribution in [3.05, 3.63) is 65.4 Å². The van der Waals surface area contributed by atoms with Crippen molar-refractivity contribution in [1.29, 1.82) is 0 Å². The topological polar surface area (TPSA) is 56.0 Å². The van der Waals surface area contributed by atoms with Crippen LogP contribution in [0.4, 0.5) is 0 Å². The van der Waals surface area contributed by atoms with Crippen LogP contribution in [0.5, 0.6) is 0 Å². The fourth-order valence-corrected chi connectivity index (χ4v) is 2.68. The number of primary amides is 1. The lowest BCUT2D eigenvalue weighted by atomic mass is 9.97. The van der Waals surface area contributed by atoms with E-state index in [1.807, 2.05) is 24.3 Å². The van der Waals surface area contributed by atoms with Gasteiger partial charge in [0.2, 0.25) is 0 Å². The van der Waals surface area contributed by atoms with Gasteiger partial charge in [0.15, 0.2) is 0 Å². The highest BCUT2D eigenvalue weighted by Crippen LogP contribution is 2.30. The van der Waals surface area contributed by atoms with Gasteiger partial charge in [0.05, 0.1) is 11.3 Å². The number of hydrogen-bond acceptors (Lipinski definition) is 2. The summed E-state index contributed by atoms with van der Waals surface area (Å²) in [6, 6.07) is 14.0. The summed E-state index contributed by atoms with van der Waals surface area (Å²) < 4.78 is 0. The van der Waals surface area contributed by atoms with Gasteiger partial charge in [-0.25, -0.2) is 0 Å². The number of nitrogens with zero attached hydrogens (tertiary/aromatic N) is 1. The highest BCUT2D eigenvalue weighted by Gasteiger charge is 2.13. The third kappa shape index (κ3) is 2.27. The predicted molar refractivity (Wildman–Crippen MR) is 85.2 cm³/mol. The predicted octanol–water partition coefficient (Wildman–Crippen LogP) is 3.62. The zero-order chi connectivity index (χ0) is 15.0. The molecule has 0 spiro atoms. The molecule has 21 heavy (non-hydrogen) atoms. The van der Waals surface area contributed by atoms with E-state index in [9.17, 15) is 4.79 Å². The van der Waals surface area contributed by atoms with Crippen LogP contribution in [0.2, 0.25) is 0 Å². The van der Waals surface area contributed by atoms with Gasteiger partial charge in [-0.3, -0.25) is 9.78 Å². The van der Waals surface area contributed by atoms with Crippen molar-refractivity contribution in [3.8, 4) is 11.3 Å². The summed E-state index contributed by atoms with van der Waals surface area (Å²) in [5.41, 5.74) is 10.2. The molecule has 0 aliphatic heterocycles. The second kappa shape index (κ2) is 5.02. The maximum Gasteiger partial charge on any atom is 0.250 e. The number of amides is 1. The van der Waals surface area contributed by atoms with E-state index in [0.29, 0.717) is 5.56 Å². The molecule has 2 aromatic carbocycles. The molecule has 3 rings (SSSR count). The molecule has 0 bridgehead atoms. The average Bonchev–Trinajstić information content (AvgIpc) is 2.46. The minimum Gasteiger partial charge on any atom is -0.366 e. The standard InChI is InChI=1S/C18H16N2O/c1-11-7-8-13(12(2)9-11)17-15-6-4-3-5-14(15)16(10-20-17)18(19)21/h3-10H,1-2H3,(H2,19,21). The molecule has 1 heterocycles. The summed E-state index contributed by atoms with van der Waals surface area (Å²) in [5, 5.41) is 1.79. The molecule has 1 aromatic heterocycles. The average molecular weight is 276 g/mol. The molecule has 0 aliphatic carbocycles. The van der Waals surface area contributed by atoms with Crippen LogP contribution in [-0.4, -0.2) is 10.9 Å². The number of aryl methyl sites for hydroxylation is 2. The van der Waals surface area contributed by atoms with Gasteiger partial charge in [-0.15, -0.1) is 0 Å². The van der Waals surface area contributed by atoms with Gasteiger partial charge < -0.3 is 5.73 Å². The summed E-state index contributed by atoms with van der Waals surface area (Å²) in [6.07, 6.45) is 1.57. The third-order valence-corrected chi connectivity index (χ3v) is 3.70. The van der Waals surface area contributed by atoms with Gasteiger partial charge in [-0.05, 0) is 24.8 Å². The Kier molecular flexibility index (Phi) is 3.18. The zero-order valence-electron chi connectivity index (χ0n) is 12.1. The maximum atomic E-state index is 11.6. The first kappa shape index (κ1) is 13.3.